The van der Waals surface area contributed by atoms with E-state index in [-0.39, 0.29) is 18.8 Å². The van der Waals surface area contributed by atoms with Crippen LogP contribution in [0.5, 0.6) is 0 Å². The van der Waals surface area contributed by atoms with Gasteiger partial charge in [-0.2, -0.15) is 0 Å². The molecule has 1 aliphatic heterocycles. The Hall–Kier alpha value is -1.35. The molecular weight excluding hydrogens is 190 g/mol. The second kappa shape index (κ2) is 4.45. The fourth-order valence-electron chi connectivity index (χ4n) is 1.75. The second-order valence-electron chi connectivity index (χ2n) is 3.58. The SMILES string of the molecule is CCC1=NC(CO)[C@H](c2ccccc2)O1. The third-order valence-corrected chi connectivity index (χ3v) is 2.54. The van der Waals surface area contributed by atoms with Gasteiger partial charge in [0.15, 0.2) is 5.90 Å². The number of benzene rings is 1. The van der Waals surface area contributed by atoms with Crippen LogP contribution in [-0.4, -0.2) is 23.7 Å². The molecule has 0 radical (unpaired) electrons. The zero-order valence-electron chi connectivity index (χ0n) is 8.76. The quantitative estimate of drug-likeness (QED) is 0.819. The molecule has 1 aliphatic rings. The van der Waals surface area contributed by atoms with Crippen molar-refractivity contribution in [1.29, 1.82) is 0 Å². The number of hydrogen-bond donors (Lipinski definition) is 1. The van der Waals surface area contributed by atoms with E-state index in [0.717, 1.165) is 17.9 Å². The van der Waals surface area contributed by atoms with Crippen LogP contribution in [0.25, 0.3) is 0 Å². The summed E-state index contributed by atoms with van der Waals surface area (Å²) >= 11 is 0. The molecule has 0 bridgehead atoms. The lowest BCUT2D eigenvalue weighted by atomic mass is 10.0. The van der Waals surface area contributed by atoms with Crippen LogP contribution in [-0.2, 0) is 4.74 Å². The average Bonchev–Trinajstić information content (AvgIpc) is 2.73. The number of hydrogen-bond acceptors (Lipinski definition) is 3. The van der Waals surface area contributed by atoms with E-state index in [2.05, 4.69) is 4.99 Å². The van der Waals surface area contributed by atoms with Crippen LogP contribution < -0.4 is 0 Å². The van der Waals surface area contributed by atoms with Gasteiger partial charge < -0.3 is 9.84 Å². The van der Waals surface area contributed by atoms with Crippen LogP contribution in [0.2, 0.25) is 0 Å². The molecule has 0 spiro atoms. The smallest absolute Gasteiger partial charge is 0.184 e. The molecule has 3 nitrogen and oxygen atoms in total. The fourth-order valence-corrected chi connectivity index (χ4v) is 1.75. The number of ether oxygens (including phenoxy) is 1. The third kappa shape index (κ3) is 2.02. The van der Waals surface area contributed by atoms with E-state index in [9.17, 15) is 5.11 Å². The molecule has 80 valence electrons. The predicted molar refractivity (Wildman–Crippen MR) is 58.9 cm³/mol. The van der Waals surface area contributed by atoms with Crippen molar-refractivity contribution in [3.63, 3.8) is 0 Å². The maximum Gasteiger partial charge on any atom is 0.184 e. The Bertz CT molecular complexity index is 348. The first kappa shape index (κ1) is 10.2. The minimum Gasteiger partial charge on any atom is -0.471 e. The van der Waals surface area contributed by atoms with Gasteiger partial charge in [-0.3, -0.25) is 0 Å². The highest BCUT2D eigenvalue weighted by Gasteiger charge is 2.30. The summed E-state index contributed by atoms with van der Waals surface area (Å²) in [5.41, 5.74) is 1.07. The first-order chi connectivity index (χ1) is 7.35. The van der Waals surface area contributed by atoms with Gasteiger partial charge in [0.1, 0.15) is 12.1 Å². The molecule has 0 saturated heterocycles. The molecule has 3 heteroatoms. The molecule has 2 atom stereocenters. The van der Waals surface area contributed by atoms with Crippen molar-refractivity contribution in [1.82, 2.24) is 0 Å². The molecule has 0 fully saturated rings. The zero-order chi connectivity index (χ0) is 10.7. The molecule has 0 aliphatic carbocycles. The van der Waals surface area contributed by atoms with Crippen molar-refractivity contribution in [3.8, 4) is 0 Å². The summed E-state index contributed by atoms with van der Waals surface area (Å²) in [4.78, 5) is 4.33. The van der Waals surface area contributed by atoms with Crippen LogP contribution >= 0.6 is 0 Å². The van der Waals surface area contributed by atoms with Gasteiger partial charge in [-0.15, -0.1) is 0 Å². The van der Waals surface area contributed by atoms with Gasteiger partial charge in [0.25, 0.3) is 0 Å². The molecule has 15 heavy (non-hydrogen) atoms. The molecule has 2 rings (SSSR count). The number of rotatable bonds is 3. The minimum atomic E-state index is -0.151. The molecule has 0 saturated carbocycles. The summed E-state index contributed by atoms with van der Waals surface area (Å²) in [5.74, 6) is 0.739. The van der Waals surface area contributed by atoms with E-state index in [1.54, 1.807) is 0 Å². The second-order valence-corrected chi connectivity index (χ2v) is 3.58. The Morgan fingerprint density at radius 2 is 2.07 bits per heavy atom. The molecule has 0 aromatic heterocycles. The van der Waals surface area contributed by atoms with Crippen molar-refractivity contribution in [3.05, 3.63) is 35.9 Å². The van der Waals surface area contributed by atoms with E-state index in [1.165, 1.54) is 0 Å². The van der Waals surface area contributed by atoms with Crippen molar-refractivity contribution in [2.24, 2.45) is 4.99 Å². The van der Waals surface area contributed by atoms with Crippen LogP contribution in [0.4, 0.5) is 0 Å². The largest absolute Gasteiger partial charge is 0.471 e. The summed E-state index contributed by atoms with van der Waals surface area (Å²) in [6.45, 7) is 2.03. The van der Waals surface area contributed by atoms with Crippen LogP contribution in [0.3, 0.4) is 0 Å². The molecular formula is C12H15NO2. The summed E-state index contributed by atoms with van der Waals surface area (Å²) in [5, 5.41) is 9.22. The lowest BCUT2D eigenvalue weighted by molar-refractivity contribution is 0.149. The highest BCUT2D eigenvalue weighted by molar-refractivity contribution is 5.78. The summed E-state index contributed by atoms with van der Waals surface area (Å²) < 4.78 is 5.69. The van der Waals surface area contributed by atoms with E-state index in [1.807, 2.05) is 37.3 Å². The Labute approximate surface area is 89.4 Å². The van der Waals surface area contributed by atoms with Crippen molar-refractivity contribution < 1.29 is 9.84 Å². The van der Waals surface area contributed by atoms with Gasteiger partial charge >= 0.3 is 0 Å². The molecule has 1 N–H and O–H groups in total. The van der Waals surface area contributed by atoms with Crippen LogP contribution in [0.15, 0.2) is 35.3 Å². The third-order valence-electron chi connectivity index (χ3n) is 2.54. The summed E-state index contributed by atoms with van der Waals surface area (Å²) in [6.07, 6.45) is 0.658. The lowest BCUT2D eigenvalue weighted by Crippen LogP contribution is -2.17. The minimum absolute atomic E-state index is 0.0308. The number of aliphatic hydroxyl groups excluding tert-OH is 1. The molecule has 1 heterocycles. The predicted octanol–water partition coefficient (Wildman–Crippen LogP) is 1.93. The Balaban J connectivity index is 2.19. The Morgan fingerprint density at radius 1 is 1.33 bits per heavy atom. The molecule has 1 aromatic carbocycles. The summed E-state index contributed by atoms with van der Waals surface area (Å²) in [6, 6.07) is 9.76. The number of aliphatic hydroxyl groups is 1. The van der Waals surface area contributed by atoms with Gasteiger partial charge in [-0.1, -0.05) is 37.3 Å². The monoisotopic (exact) mass is 205 g/mol. The van der Waals surface area contributed by atoms with Crippen LogP contribution in [0, 0.1) is 0 Å². The first-order valence-electron chi connectivity index (χ1n) is 5.24. The van der Waals surface area contributed by atoms with Gasteiger partial charge in [-0.05, 0) is 5.56 Å². The van der Waals surface area contributed by atoms with E-state index in [4.69, 9.17) is 4.74 Å². The van der Waals surface area contributed by atoms with E-state index in [0.29, 0.717) is 0 Å². The fraction of sp³-hybridized carbons (Fsp3) is 0.417. The van der Waals surface area contributed by atoms with Crippen molar-refractivity contribution in [2.75, 3.05) is 6.61 Å². The van der Waals surface area contributed by atoms with E-state index < -0.39 is 0 Å². The Morgan fingerprint density at radius 3 is 2.67 bits per heavy atom. The van der Waals surface area contributed by atoms with Gasteiger partial charge in [0.05, 0.1) is 6.61 Å². The highest BCUT2D eigenvalue weighted by Crippen LogP contribution is 2.29. The Kier molecular flexibility index (Phi) is 3.02. The number of nitrogens with zero attached hydrogens (tertiary/aromatic N) is 1. The molecule has 1 unspecified atom stereocenters. The van der Waals surface area contributed by atoms with Crippen molar-refractivity contribution >= 4 is 5.90 Å². The van der Waals surface area contributed by atoms with Gasteiger partial charge in [0.2, 0.25) is 0 Å². The molecule has 0 amide bonds. The lowest BCUT2D eigenvalue weighted by Gasteiger charge is -2.15. The van der Waals surface area contributed by atoms with Crippen molar-refractivity contribution in [2.45, 2.75) is 25.5 Å². The standard InChI is InChI=1S/C12H15NO2/c1-2-11-13-10(8-14)12(15-11)9-6-4-3-5-7-9/h3-7,10,12,14H,2,8H2,1H3/t10?,12-/m0/s1. The normalized spacial score (nSPS) is 24.8. The maximum atomic E-state index is 9.22. The highest BCUT2D eigenvalue weighted by atomic mass is 16.5. The first-order valence-corrected chi connectivity index (χ1v) is 5.24. The topological polar surface area (TPSA) is 41.8 Å². The van der Waals surface area contributed by atoms with Crippen LogP contribution in [0.1, 0.15) is 25.0 Å². The number of aliphatic imine (C=N–C) groups is 1. The molecule has 1 aromatic rings. The average molecular weight is 205 g/mol. The maximum absolute atomic E-state index is 9.22. The van der Waals surface area contributed by atoms with Gasteiger partial charge in [-0.25, -0.2) is 4.99 Å². The van der Waals surface area contributed by atoms with Gasteiger partial charge in [0, 0.05) is 6.42 Å². The summed E-state index contributed by atoms with van der Waals surface area (Å²) in [7, 11) is 0. The zero-order valence-corrected chi connectivity index (χ0v) is 8.76. The van der Waals surface area contributed by atoms with E-state index >= 15 is 0 Å².